The van der Waals surface area contributed by atoms with Gasteiger partial charge in [-0.05, 0) is 31.9 Å². The van der Waals surface area contributed by atoms with Crippen LogP contribution in [0.2, 0.25) is 0 Å². The van der Waals surface area contributed by atoms with Crippen LogP contribution >= 0.6 is 0 Å². The van der Waals surface area contributed by atoms with Crippen molar-refractivity contribution < 1.29 is 18.3 Å². The number of carbonyl (C=O) groups excluding carboxylic acids is 1. The number of rotatable bonds is 6. The quantitative estimate of drug-likeness (QED) is 0.761. The molecule has 1 fully saturated rings. The van der Waals surface area contributed by atoms with Gasteiger partial charge in [0.2, 0.25) is 10.0 Å². The Morgan fingerprint density at radius 1 is 1.37 bits per heavy atom. The maximum atomic E-state index is 11.9. The lowest BCUT2D eigenvalue weighted by Gasteiger charge is -2.08. The summed E-state index contributed by atoms with van der Waals surface area (Å²) >= 11 is 0. The van der Waals surface area contributed by atoms with Crippen LogP contribution in [0.1, 0.15) is 30.1 Å². The highest BCUT2D eigenvalue weighted by Crippen LogP contribution is 2.32. The predicted octanol–water partition coefficient (Wildman–Crippen LogP) is 0.938. The highest BCUT2D eigenvalue weighted by Gasteiger charge is 2.30. The summed E-state index contributed by atoms with van der Waals surface area (Å²) in [6.07, 6.45) is 1.11. The normalized spacial score (nSPS) is 17.2. The van der Waals surface area contributed by atoms with E-state index in [0.717, 1.165) is 12.8 Å². The predicted molar refractivity (Wildman–Crippen MR) is 70.4 cm³/mol. The summed E-state index contributed by atoms with van der Waals surface area (Å²) in [4.78, 5) is 11.9. The molecule has 1 aliphatic rings. The van der Waals surface area contributed by atoms with Crippen LogP contribution < -0.4 is 4.72 Å². The summed E-state index contributed by atoms with van der Waals surface area (Å²) in [5.41, 5.74) is 0.553. The van der Waals surface area contributed by atoms with Gasteiger partial charge < -0.3 is 5.11 Å². The number of sulfonamides is 1. The fourth-order valence-corrected chi connectivity index (χ4v) is 2.81. The van der Waals surface area contributed by atoms with Crippen molar-refractivity contribution >= 4 is 15.8 Å². The Labute approximate surface area is 112 Å². The SMILES string of the molecule is CC(O)CNS(=O)(=O)c1ccc(C(=O)C2CC2)cc1. The van der Waals surface area contributed by atoms with Crippen LogP contribution in [0.4, 0.5) is 0 Å². The topological polar surface area (TPSA) is 83.5 Å². The highest BCUT2D eigenvalue weighted by atomic mass is 32.2. The second kappa shape index (κ2) is 5.40. The average Bonchev–Trinajstić information content (AvgIpc) is 3.20. The van der Waals surface area contributed by atoms with E-state index in [1.165, 1.54) is 31.2 Å². The van der Waals surface area contributed by atoms with Crippen LogP contribution in [-0.2, 0) is 10.0 Å². The van der Waals surface area contributed by atoms with E-state index in [0.29, 0.717) is 5.56 Å². The van der Waals surface area contributed by atoms with E-state index < -0.39 is 16.1 Å². The zero-order valence-electron chi connectivity index (χ0n) is 10.7. The Bertz CT molecular complexity index is 559. The van der Waals surface area contributed by atoms with Crippen LogP contribution in [0.15, 0.2) is 29.2 Å². The van der Waals surface area contributed by atoms with Gasteiger partial charge in [-0.3, -0.25) is 4.79 Å². The summed E-state index contributed by atoms with van der Waals surface area (Å²) in [6, 6.07) is 5.91. The average molecular weight is 283 g/mol. The number of hydrogen-bond acceptors (Lipinski definition) is 4. The molecule has 0 saturated heterocycles. The van der Waals surface area contributed by atoms with Crippen molar-refractivity contribution in [2.45, 2.75) is 30.8 Å². The molecule has 1 saturated carbocycles. The molecule has 2 rings (SSSR count). The molecule has 0 aliphatic heterocycles. The molecule has 104 valence electrons. The third kappa shape index (κ3) is 3.62. The largest absolute Gasteiger partial charge is 0.392 e. The van der Waals surface area contributed by atoms with Crippen LogP contribution in [0.3, 0.4) is 0 Å². The van der Waals surface area contributed by atoms with Crippen molar-refractivity contribution in [1.29, 1.82) is 0 Å². The van der Waals surface area contributed by atoms with E-state index in [2.05, 4.69) is 4.72 Å². The van der Waals surface area contributed by atoms with E-state index in [1.807, 2.05) is 0 Å². The van der Waals surface area contributed by atoms with Crippen molar-refractivity contribution in [1.82, 2.24) is 4.72 Å². The zero-order chi connectivity index (χ0) is 14.0. The molecule has 5 nitrogen and oxygen atoms in total. The molecular formula is C13H17NO4S. The van der Waals surface area contributed by atoms with Crippen molar-refractivity contribution in [3.8, 4) is 0 Å². The number of benzene rings is 1. The van der Waals surface area contributed by atoms with Gasteiger partial charge >= 0.3 is 0 Å². The lowest BCUT2D eigenvalue weighted by atomic mass is 10.1. The van der Waals surface area contributed by atoms with Crippen molar-refractivity contribution in [2.24, 2.45) is 5.92 Å². The molecule has 6 heteroatoms. The summed E-state index contributed by atoms with van der Waals surface area (Å²) in [6.45, 7) is 1.46. The fraction of sp³-hybridized carbons (Fsp3) is 0.462. The monoisotopic (exact) mass is 283 g/mol. The molecule has 0 amide bonds. The van der Waals surface area contributed by atoms with Crippen LogP contribution in [-0.4, -0.2) is 32.0 Å². The number of carbonyl (C=O) groups is 1. The number of hydrogen-bond donors (Lipinski definition) is 2. The van der Waals surface area contributed by atoms with Gasteiger partial charge in [0.25, 0.3) is 0 Å². The Balaban J connectivity index is 2.10. The molecule has 1 aliphatic carbocycles. The summed E-state index contributed by atoms with van der Waals surface area (Å²) in [5.74, 6) is 0.205. The van der Waals surface area contributed by atoms with E-state index in [4.69, 9.17) is 5.11 Å². The van der Waals surface area contributed by atoms with Gasteiger partial charge in [-0.25, -0.2) is 13.1 Å². The third-order valence-corrected chi connectivity index (χ3v) is 4.41. The molecule has 0 radical (unpaired) electrons. The van der Waals surface area contributed by atoms with Crippen molar-refractivity contribution in [2.75, 3.05) is 6.54 Å². The van der Waals surface area contributed by atoms with E-state index in [-0.39, 0.29) is 23.1 Å². The number of nitrogens with one attached hydrogen (secondary N) is 1. The number of Topliss-reactive ketones (excluding diaryl/α,β-unsaturated/α-hetero) is 1. The number of aliphatic hydroxyl groups is 1. The van der Waals surface area contributed by atoms with E-state index >= 15 is 0 Å². The van der Waals surface area contributed by atoms with Crippen molar-refractivity contribution in [3.05, 3.63) is 29.8 Å². The minimum atomic E-state index is -3.62. The second-order valence-corrected chi connectivity index (χ2v) is 6.63. The molecule has 0 aromatic heterocycles. The first kappa shape index (κ1) is 14.2. The number of ketones is 1. The van der Waals surface area contributed by atoms with Crippen LogP contribution in [0.5, 0.6) is 0 Å². The first-order valence-electron chi connectivity index (χ1n) is 6.22. The van der Waals surface area contributed by atoms with Gasteiger partial charge in [-0.1, -0.05) is 12.1 Å². The Morgan fingerprint density at radius 3 is 2.42 bits per heavy atom. The maximum Gasteiger partial charge on any atom is 0.240 e. The Morgan fingerprint density at radius 2 is 1.95 bits per heavy atom. The fourth-order valence-electron chi connectivity index (χ4n) is 1.69. The first-order valence-corrected chi connectivity index (χ1v) is 7.70. The van der Waals surface area contributed by atoms with E-state index in [9.17, 15) is 13.2 Å². The molecule has 0 heterocycles. The summed E-state index contributed by atoms with van der Waals surface area (Å²) < 4.78 is 26.0. The zero-order valence-corrected chi connectivity index (χ0v) is 11.5. The van der Waals surface area contributed by atoms with E-state index in [1.54, 1.807) is 0 Å². The van der Waals surface area contributed by atoms with Gasteiger partial charge in [0.15, 0.2) is 5.78 Å². The molecule has 1 aromatic carbocycles. The van der Waals surface area contributed by atoms with Gasteiger partial charge in [-0.2, -0.15) is 0 Å². The minimum absolute atomic E-state index is 0.0366. The second-order valence-electron chi connectivity index (χ2n) is 4.86. The molecule has 1 unspecified atom stereocenters. The molecule has 1 aromatic rings. The minimum Gasteiger partial charge on any atom is -0.392 e. The maximum absolute atomic E-state index is 11.9. The first-order chi connectivity index (χ1) is 8.90. The molecule has 19 heavy (non-hydrogen) atoms. The van der Waals surface area contributed by atoms with Gasteiger partial charge in [-0.15, -0.1) is 0 Å². The lowest BCUT2D eigenvalue weighted by molar-refractivity contribution is 0.0967. The Kier molecular flexibility index (Phi) is 4.03. The summed E-state index contributed by atoms with van der Waals surface area (Å²) in [7, 11) is -3.62. The van der Waals surface area contributed by atoms with Gasteiger partial charge in [0.05, 0.1) is 11.0 Å². The van der Waals surface area contributed by atoms with Crippen LogP contribution in [0, 0.1) is 5.92 Å². The lowest BCUT2D eigenvalue weighted by Crippen LogP contribution is -2.30. The highest BCUT2D eigenvalue weighted by molar-refractivity contribution is 7.89. The van der Waals surface area contributed by atoms with Gasteiger partial charge in [0.1, 0.15) is 0 Å². The molecule has 2 N–H and O–H groups in total. The smallest absolute Gasteiger partial charge is 0.240 e. The third-order valence-electron chi connectivity index (χ3n) is 2.97. The molecule has 0 bridgehead atoms. The molecule has 1 atom stereocenters. The molecule has 0 spiro atoms. The standard InChI is InChI=1S/C13H17NO4S/c1-9(15)8-14-19(17,18)12-6-4-11(5-7-12)13(16)10-2-3-10/h4-7,9-10,14-15H,2-3,8H2,1H3. The Hall–Kier alpha value is -1.24. The van der Waals surface area contributed by atoms with Crippen LogP contribution in [0.25, 0.3) is 0 Å². The molecular weight excluding hydrogens is 266 g/mol. The summed E-state index contributed by atoms with van der Waals surface area (Å²) in [5, 5.41) is 9.08. The number of aliphatic hydroxyl groups excluding tert-OH is 1. The van der Waals surface area contributed by atoms with Crippen molar-refractivity contribution in [3.63, 3.8) is 0 Å². The van der Waals surface area contributed by atoms with Gasteiger partial charge in [0, 0.05) is 18.0 Å².